The molecule has 33 heavy (non-hydrogen) atoms. The number of nitrogens with one attached hydrogen (secondary N) is 1. The van der Waals surface area contributed by atoms with E-state index in [0.717, 1.165) is 5.39 Å². The highest BCUT2D eigenvalue weighted by atomic mass is 16.6. The smallest absolute Gasteiger partial charge is 0.410 e. The van der Waals surface area contributed by atoms with Gasteiger partial charge in [-0.3, -0.25) is 4.79 Å². The first-order valence-electron chi connectivity index (χ1n) is 10.4. The van der Waals surface area contributed by atoms with Crippen molar-refractivity contribution < 1.29 is 23.8 Å². The van der Waals surface area contributed by atoms with Gasteiger partial charge in [-0.25, -0.2) is 9.78 Å². The van der Waals surface area contributed by atoms with Crippen molar-refractivity contribution in [2.75, 3.05) is 32.6 Å². The second-order valence-corrected chi connectivity index (χ2v) is 8.33. The Morgan fingerprint density at radius 2 is 1.70 bits per heavy atom. The lowest BCUT2D eigenvalue weighted by molar-refractivity contribution is 0.0277. The molecule has 0 aliphatic carbocycles. The van der Waals surface area contributed by atoms with Crippen LogP contribution in [0.25, 0.3) is 11.0 Å². The molecule has 0 saturated carbocycles. The SMILES string of the molecule is COc1ccc(C(=O)Nc2ccc3ccc(OCCN(C)C(=O)OC(C)(C)C)nc3n2)cc1. The van der Waals surface area contributed by atoms with Gasteiger partial charge in [0.25, 0.3) is 5.91 Å². The number of likely N-dealkylation sites (N-methyl/N-ethyl adjacent to an activating group) is 1. The number of anilines is 1. The minimum Gasteiger partial charge on any atom is -0.497 e. The third-order valence-corrected chi connectivity index (χ3v) is 4.50. The Hall–Kier alpha value is -3.88. The van der Waals surface area contributed by atoms with E-state index >= 15 is 0 Å². The molecule has 0 aliphatic rings. The Bertz CT molecular complexity index is 1130. The van der Waals surface area contributed by atoms with E-state index in [1.807, 2.05) is 32.9 Å². The van der Waals surface area contributed by atoms with Crippen molar-refractivity contribution in [3.05, 3.63) is 54.1 Å². The van der Waals surface area contributed by atoms with Gasteiger partial charge in [-0.05, 0) is 63.2 Å². The number of pyridine rings is 2. The molecule has 1 aromatic carbocycles. The van der Waals surface area contributed by atoms with Crippen LogP contribution in [0.4, 0.5) is 10.6 Å². The number of nitrogens with zero attached hydrogens (tertiary/aromatic N) is 3. The van der Waals surface area contributed by atoms with Crippen LogP contribution in [0.5, 0.6) is 11.6 Å². The minimum atomic E-state index is -0.557. The van der Waals surface area contributed by atoms with Crippen LogP contribution in [0.15, 0.2) is 48.5 Å². The lowest BCUT2D eigenvalue weighted by Crippen LogP contribution is -2.36. The van der Waals surface area contributed by atoms with Crippen molar-refractivity contribution in [3.8, 4) is 11.6 Å². The van der Waals surface area contributed by atoms with E-state index in [1.165, 1.54) is 4.90 Å². The van der Waals surface area contributed by atoms with E-state index in [9.17, 15) is 9.59 Å². The topological polar surface area (TPSA) is 103 Å². The molecule has 2 aromatic heterocycles. The lowest BCUT2D eigenvalue weighted by atomic mass is 10.2. The zero-order valence-corrected chi connectivity index (χ0v) is 19.4. The molecular formula is C24H28N4O5. The van der Waals surface area contributed by atoms with Crippen LogP contribution in [0.2, 0.25) is 0 Å². The predicted molar refractivity (Wildman–Crippen MR) is 125 cm³/mol. The minimum absolute atomic E-state index is 0.238. The highest BCUT2D eigenvalue weighted by Crippen LogP contribution is 2.19. The number of fused-ring (bicyclic) bond motifs is 1. The fraction of sp³-hybridized carbons (Fsp3) is 0.333. The van der Waals surface area contributed by atoms with Crippen LogP contribution in [0.3, 0.4) is 0 Å². The first-order valence-corrected chi connectivity index (χ1v) is 10.4. The van der Waals surface area contributed by atoms with Crippen molar-refractivity contribution in [2.45, 2.75) is 26.4 Å². The Kier molecular flexibility index (Phi) is 7.32. The fourth-order valence-corrected chi connectivity index (χ4v) is 2.78. The molecule has 9 heteroatoms. The predicted octanol–water partition coefficient (Wildman–Crippen LogP) is 4.14. The van der Waals surface area contributed by atoms with E-state index in [1.54, 1.807) is 50.6 Å². The maximum atomic E-state index is 12.5. The molecule has 0 atom stereocenters. The van der Waals surface area contributed by atoms with Crippen molar-refractivity contribution in [1.29, 1.82) is 0 Å². The zero-order valence-electron chi connectivity index (χ0n) is 19.4. The standard InChI is InChI=1S/C24H28N4O5/c1-24(2,3)33-23(30)28(4)14-15-32-20-13-9-16-8-12-19(25-21(16)27-20)26-22(29)17-6-10-18(31-5)11-7-17/h6-13H,14-15H2,1-5H3,(H,25,26,27,29). The zero-order chi connectivity index (χ0) is 24.0. The normalized spacial score (nSPS) is 11.1. The summed E-state index contributed by atoms with van der Waals surface area (Å²) in [5, 5.41) is 3.57. The fourth-order valence-electron chi connectivity index (χ4n) is 2.78. The molecule has 0 unspecified atom stereocenters. The highest BCUT2D eigenvalue weighted by Gasteiger charge is 2.19. The molecule has 3 aromatic rings. The number of ether oxygens (including phenoxy) is 3. The number of methoxy groups -OCH3 is 1. The number of carbonyl (C=O) groups excluding carboxylic acids is 2. The van der Waals surface area contributed by atoms with Gasteiger partial charge in [-0.15, -0.1) is 0 Å². The summed E-state index contributed by atoms with van der Waals surface area (Å²) in [7, 11) is 3.21. The molecule has 0 saturated heterocycles. The van der Waals surface area contributed by atoms with E-state index < -0.39 is 11.7 Å². The summed E-state index contributed by atoms with van der Waals surface area (Å²) in [5.74, 6) is 1.12. The maximum Gasteiger partial charge on any atom is 0.410 e. The van der Waals surface area contributed by atoms with Crippen LogP contribution in [0.1, 0.15) is 31.1 Å². The molecule has 0 bridgehead atoms. The first kappa shape index (κ1) is 23.8. The summed E-state index contributed by atoms with van der Waals surface area (Å²) < 4.78 is 16.1. The average Bonchev–Trinajstić information content (AvgIpc) is 2.77. The van der Waals surface area contributed by atoms with Crippen molar-refractivity contribution in [2.24, 2.45) is 0 Å². The second-order valence-electron chi connectivity index (χ2n) is 8.33. The quantitative estimate of drug-likeness (QED) is 0.575. The summed E-state index contributed by atoms with van der Waals surface area (Å²) >= 11 is 0. The number of hydrogen-bond acceptors (Lipinski definition) is 7. The Labute approximate surface area is 192 Å². The van der Waals surface area contributed by atoms with Crippen LogP contribution >= 0.6 is 0 Å². The molecular weight excluding hydrogens is 424 g/mol. The number of amides is 2. The van der Waals surface area contributed by atoms with Gasteiger partial charge >= 0.3 is 6.09 Å². The van der Waals surface area contributed by atoms with Crippen LogP contribution < -0.4 is 14.8 Å². The van der Waals surface area contributed by atoms with Gasteiger partial charge in [-0.2, -0.15) is 4.98 Å². The van der Waals surface area contributed by atoms with Crippen molar-refractivity contribution in [3.63, 3.8) is 0 Å². The molecule has 0 aliphatic heterocycles. The number of hydrogen-bond donors (Lipinski definition) is 1. The van der Waals surface area contributed by atoms with Gasteiger partial charge in [0.15, 0.2) is 5.65 Å². The average molecular weight is 453 g/mol. The number of carbonyl (C=O) groups is 2. The Balaban J connectivity index is 1.61. The maximum absolute atomic E-state index is 12.5. The summed E-state index contributed by atoms with van der Waals surface area (Å²) in [5.41, 5.74) is 0.357. The monoisotopic (exact) mass is 452 g/mol. The molecule has 2 amide bonds. The summed E-state index contributed by atoms with van der Waals surface area (Å²) in [6.45, 7) is 6.01. The van der Waals surface area contributed by atoms with Crippen molar-refractivity contribution >= 4 is 28.9 Å². The highest BCUT2D eigenvalue weighted by molar-refractivity contribution is 6.04. The largest absolute Gasteiger partial charge is 0.497 e. The van der Waals surface area contributed by atoms with Crippen LogP contribution in [0, 0.1) is 0 Å². The van der Waals surface area contributed by atoms with Gasteiger partial charge in [0, 0.05) is 24.1 Å². The first-order chi connectivity index (χ1) is 15.6. The molecule has 9 nitrogen and oxygen atoms in total. The van der Waals surface area contributed by atoms with Crippen molar-refractivity contribution in [1.82, 2.24) is 14.9 Å². The lowest BCUT2D eigenvalue weighted by Gasteiger charge is -2.24. The summed E-state index contributed by atoms with van der Waals surface area (Å²) in [6.07, 6.45) is -0.420. The second kappa shape index (κ2) is 10.2. The molecule has 174 valence electrons. The van der Waals surface area contributed by atoms with Gasteiger partial charge in [0.1, 0.15) is 23.8 Å². The molecule has 0 fully saturated rings. The van der Waals surface area contributed by atoms with Gasteiger partial charge in [0.05, 0.1) is 13.7 Å². The number of rotatable bonds is 7. The molecule has 2 heterocycles. The molecule has 1 N–H and O–H groups in total. The van der Waals surface area contributed by atoms with E-state index in [-0.39, 0.29) is 12.5 Å². The Morgan fingerprint density at radius 1 is 1.00 bits per heavy atom. The molecule has 0 spiro atoms. The number of benzene rings is 1. The van der Waals surface area contributed by atoms with Gasteiger partial charge in [-0.1, -0.05) is 0 Å². The van der Waals surface area contributed by atoms with Gasteiger partial charge < -0.3 is 24.4 Å². The van der Waals surface area contributed by atoms with E-state index in [2.05, 4.69) is 15.3 Å². The third kappa shape index (κ3) is 6.80. The molecule has 0 radical (unpaired) electrons. The van der Waals surface area contributed by atoms with E-state index in [4.69, 9.17) is 14.2 Å². The number of aromatic nitrogens is 2. The van der Waals surface area contributed by atoms with Crippen LogP contribution in [-0.2, 0) is 4.74 Å². The van der Waals surface area contributed by atoms with Crippen LogP contribution in [-0.4, -0.2) is 59.8 Å². The summed E-state index contributed by atoms with van der Waals surface area (Å²) in [4.78, 5) is 34.8. The molecule has 3 rings (SSSR count). The van der Waals surface area contributed by atoms with E-state index in [0.29, 0.717) is 35.2 Å². The summed E-state index contributed by atoms with van der Waals surface area (Å²) in [6, 6.07) is 13.9. The Morgan fingerprint density at radius 3 is 2.36 bits per heavy atom. The third-order valence-electron chi connectivity index (χ3n) is 4.50. The van der Waals surface area contributed by atoms with Gasteiger partial charge in [0.2, 0.25) is 5.88 Å².